The Balaban J connectivity index is 2.53. The van der Waals surface area contributed by atoms with E-state index in [2.05, 4.69) is 55.1 Å². The molecule has 6 heteroatoms. The number of aliphatic imine (C=N–C) groups is 1. The van der Waals surface area contributed by atoms with Gasteiger partial charge >= 0.3 is 6.09 Å². The number of hydrogen-bond acceptors (Lipinski definition) is 3. The molecule has 134 valence electrons. The van der Waals surface area contributed by atoms with E-state index in [0.717, 1.165) is 19.0 Å². The monoisotopic (exact) mass is 326 g/mol. The predicted molar refractivity (Wildman–Crippen MR) is 94.8 cm³/mol. The van der Waals surface area contributed by atoms with Crippen molar-refractivity contribution in [2.24, 2.45) is 10.4 Å². The molecule has 1 amide bonds. The van der Waals surface area contributed by atoms with Crippen LogP contribution in [0.3, 0.4) is 0 Å². The molecule has 0 aliphatic carbocycles. The predicted octanol–water partition coefficient (Wildman–Crippen LogP) is 2.60. The molecule has 1 fully saturated rings. The molecule has 0 aromatic carbocycles. The number of likely N-dealkylation sites (tertiary alicyclic amines) is 1. The van der Waals surface area contributed by atoms with Gasteiger partial charge in [-0.2, -0.15) is 0 Å². The number of carbonyl (C=O) groups is 1. The number of amides is 1. The molecule has 1 saturated heterocycles. The zero-order valence-corrected chi connectivity index (χ0v) is 16.0. The molecule has 0 aromatic rings. The average Bonchev–Trinajstić information content (AvgIpc) is 2.38. The van der Waals surface area contributed by atoms with Gasteiger partial charge in [-0.05, 0) is 41.5 Å². The normalized spacial score (nSPS) is 19.8. The lowest BCUT2D eigenvalue weighted by Gasteiger charge is -2.62. The first-order valence-corrected chi connectivity index (χ1v) is 8.43. The summed E-state index contributed by atoms with van der Waals surface area (Å²) in [6.07, 6.45) is -0.400. The SMILES string of the molecule is CCNC(=NCCNC(=O)OC(C)(C)C)N1CC(C)(C)C1(C)C. The Bertz CT molecular complexity index is 450. The van der Waals surface area contributed by atoms with Gasteiger partial charge in [-0.3, -0.25) is 4.99 Å². The standard InChI is InChI=1S/C17H34N4O2/c1-9-18-13(21-12-16(5,6)17(21,7)8)19-10-11-20-14(22)23-15(2,3)4/h9-12H2,1-8H3,(H,18,19)(H,20,22). The van der Waals surface area contributed by atoms with Crippen LogP contribution in [0.2, 0.25) is 0 Å². The Morgan fingerprint density at radius 3 is 2.26 bits per heavy atom. The molecule has 0 radical (unpaired) electrons. The fourth-order valence-electron chi connectivity index (χ4n) is 2.43. The molecular weight excluding hydrogens is 292 g/mol. The summed E-state index contributed by atoms with van der Waals surface area (Å²) in [7, 11) is 0. The van der Waals surface area contributed by atoms with Crippen molar-refractivity contribution in [2.75, 3.05) is 26.2 Å². The molecule has 0 atom stereocenters. The molecule has 23 heavy (non-hydrogen) atoms. The fourth-order valence-corrected chi connectivity index (χ4v) is 2.43. The number of alkyl carbamates (subject to hydrolysis) is 1. The highest BCUT2D eigenvalue weighted by molar-refractivity contribution is 5.82. The Hall–Kier alpha value is -1.46. The molecular formula is C17H34N4O2. The van der Waals surface area contributed by atoms with Crippen LogP contribution in [0.5, 0.6) is 0 Å². The Kier molecular flexibility index (Phi) is 5.94. The van der Waals surface area contributed by atoms with Crippen LogP contribution in [0, 0.1) is 5.41 Å². The van der Waals surface area contributed by atoms with Gasteiger partial charge in [0, 0.05) is 30.6 Å². The summed E-state index contributed by atoms with van der Waals surface area (Å²) in [5.41, 5.74) is -0.153. The van der Waals surface area contributed by atoms with E-state index >= 15 is 0 Å². The summed E-state index contributed by atoms with van der Waals surface area (Å²) < 4.78 is 5.21. The second-order valence-corrected chi connectivity index (χ2v) is 8.19. The van der Waals surface area contributed by atoms with Gasteiger partial charge in [-0.15, -0.1) is 0 Å². The first kappa shape index (κ1) is 19.6. The van der Waals surface area contributed by atoms with E-state index in [1.807, 2.05) is 20.8 Å². The number of nitrogens with zero attached hydrogens (tertiary/aromatic N) is 2. The van der Waals surface area contributed by atoms with Crippen LogP contribution in [-0.2, 0) is 4.74 Å². The van der Waals surface area contributed by atoms with E-state index < -0.39 is 11.7 Å². The Morgan fingerprint density at radius 1 is 1.22 bits per heavy atom. The van der Waals surface area contributed by atoms with Crippen molar-refractivity contribution in [1.29, 1.82) is 0 Å². The molecule has 1 aliphatic heterocycles. The smallest absolute Gasteiger partial charge is 0.407 e. The number of guanidine groups is 1. The first-order valence-electron chi connectivity index (χ1n) is 8.43. The molecule has 1 heterocycles. The van der Waals surface area contributed by atoms with E-state index in [4.69, 9.17) is 4.74 Å². The maximum Gasteiger partial charge on any atom is 0.407 e. The second-order valence-electron chi connectivity index (χ2n) is 8.19. The van der Waals surface area contributed by atoms with Gasteiger partial charge < -0.3 is 20.3 Å². The highest BCUT2D eigenvalue weighted by Crippen LogP contribution is 2.46. The summed E-state index contributed by atoms with van der Waals surface area (Å²) >= 11 is 0. The van der Waals surface area contributed by atoms with E-state index in [9.17, 15) is 4.79 Å². The molecule has 0 aromatic heterocycles. The summed E-state index contributed by atoms with van der Waals surface area (Å²) in [4.78, 5) is 18.5. The minimum Gasteiger partial charge on any atom is -0.444 e. The van der Waals surface area contributed by atoms with Crippen LogP contribution in [0.1, 0.15) is 55.4 Å². The van der Waals surface area contributed by atoms with Crippen molar-refractivity contribution in [3.05, 3.63) is 0 Å². The van der Waals surface area contributed by atoms with Crippen molar-refractivity contribution in [1.82, 2.24) is 15.5 Å². The van der Waals surface area contributed by atoms with Crippen LogP contribution < -0.4 is 10.6 Å². The zero-order valence-electron chi connectivity index (χ0n) is 16.0. The molecule has 0 unspecified atom stereocenters. The number of hydrogen-bond donors (Lipinski definition) is 2. The van der Waals surface area contributed by atoms with Crippen molar-refractivity contribution in [3.63, 3.8) is 0 Å². The fraction of sp³-hybridized carbons (Fsp3) is 0.882. The van der Waals surface area contributed by atoms with E-state index in [1.165, 1.54) is 0 Å². The van der Waals surface area contributed by atoms with Gasteiger partial charge in [-0.1, -0.05) is 13.8 Å². The van der Waals surface area contributed by atoms with E-state index in [1.54, 1.807) is 0 Å². The lowest BCUT2D eigenvalue weighted by atomic mass is 9.65. The largest absolute Gasteiger partial charge is 0.444 e. The van der Waals surface area contributed by atoms with Crippen LogP contribution in [0.4, 0.5) is 4.79 Å². The highest BCUT2D eigenvalue weighted by Gasteiger charge is 2.53. The van der Waals surface area contributed by atoms with E-state index in [-0.39, 0.29) is 11.0 Å². The molecule has 0 spiro atoms. The Morgan fingerprint density at radius 2 is 1.83 bits per heavy atom. The van der Waals surface area contributed by atoms with Gasteiger partial charge in [0.25, 0.3) is 0 Å². The summed E-state index contributed by atoms with van der Waals surface area (Å²) in [6.45, 7) is 19.4. The third-order valence-electron chi connectivity index (χ3n) is 4.52. The zero-order chi connectivity index (χ0) is 17.9. The third-order valence-corrected chi connectivity index (χ3v) is 4.52. The number of nitrogens with one attached hydrogen (secondary N) is 2. The molecule has 0 saturated carbocycles. The Labute approximate surface area is 141 Å². The van der Waals surface area contributed by atoms with Crippen molar-refractivity contribution < 1.29 is 9.53 Å². The summed E-state index contributed by atoms with van der Waals surface area (Å²) in [5, 5.41) is 6.07. The number of carbonyl (C=O) groups excluding carboxylic acids is 1. The van der Waals surface area contributed by atoms with Crippen LogP contribution in [-0.4, -0.2) is 54.3 Å². The molecule has 2 N–H and O–H groups in total. The summed E-state index contributed by atoms with van der Waals surface area (Å²) in [6, 6.07) is 0. The quantitative estimate of drug-likeness (QED) is 0.473. The van der Waals surface area contributed by atoms with E-state index in [0.29, 0.717) is 13.1 Å². The van der Waals surface area contributed by atoms with Gasteiger partial charge in [0.1, 0.15) is 5.60 Å². The molecule has 1 rings (SSSR count). The molecule has 0 bridgehead atoms. The van der Waals surface area contributed by atoms with Gasteiger partial charge in [0.2, 0.25) is 0 Å². The summed E-state index contributed by atoms with van der Waals surface area (Å²) in [5.74, 6) is 0.905. The minimum atomic E-state index is -0.477. The van der Waals surface area contributed by atoms with Crippen molar-refractivity contribution >= 4 is 12.1 Å². The lowest BCUT2D eigenvalue weighted by Crippen LogP contribution is -2.72. The average molecular weight is 326 g/mol. The number of ether oxygens (including phenoxy) is 1. The maximum absolute atomic E-state index is 11.6. The van der Waals surface area contributed by atoms with Crippen molar-refractivity contribution in [2.45, 2.75) is 66.5 Å². The maximum atomic E-state index is 11.6. The topological polar surface area (TPSA) is 66.0 Å². The van der Waals surface area contributed by atoms with Crippen LogP contribution in [0.15, 0.2) is 4.99 Å². The first-order chi connectivity index (χ1) is 10.4. The second kappa shape index (κ2) is 6.97. The molecule has 1 aliphatic rings. The van der Waals surface area contributed by atoms with Gasteiger partial charge in [0.15, 0.2) is 5.96 Å². The van der Waals surface area contributed by atoms with Gasteiger partial charge in [0.05, 0.1) is 6.54 Å². The highest BCUT2D eigenvalue weighted by atomic mass is 16.6. The third kappa shape index (κ3) is 5.01. The number of rotatable bonds is 4. The lowest BCUT2D eigenvalue weighted by molar-refractivity contribution is -0.0667. The van der Waals surface area contributed by atoms with Crippen LogP contribution >= 0.6 is 0 Å². The molecule has 6 nitrogen and oxygen atoms in total. The van der Waals surface area contributed by atoms with Crippen molar-refractivity contribution in [3.8, 4) is 0 Å². The van der Waals surface area contributed by atoms with Gasteiger partial charge in [-0.25, -0.2) is 4.79 Å². The minimum absolute atomic E-state index is 0.0621. The van der Waals surface area contributed by atoms with Crippen LogP contribution in [0.25, 0.3) is 0 Å².